The van der Waals surface area contributed by atoms with E-state index in [2.05, 4.69) is 10.0 Å². The molecule has 9 heteroatoms. The first-order chi connectivity index (χ1) is 12.9. The number of sulfonamides is 1. The molecule has 27 heavy (non-hydrogen) atoms. The number of anilines is 2. The van der Waals surface area contributed by atoms with Crippen molar-refractivity contribution in [3.05, 3.63) is 59.8 Å². The predicted molar refractivity (Wildman–Crippen MR) is 97.7 cm³/mol. The number of methoxy groups -OCH3 is 1. The van der Waals surface area contributed by atoms with Crippen molar-refractivity contribution in [2.45, 2.75) is 4.90 Å². The van der Waals surface area contributed by atoms with Gasteiger partial charge in [-0.2, -0.15) is 15.8 Å². The van der Waals surface area contributed by atoms with Crippen LogP contribution in [-0.4, -0.2) is 15.5 Å². The van der Waals surface area contributed by atoms with E-state index in [1.54, 1.807) is 42.5 Å². The molecule has 2 aromatic carbocycles. The maximum absolute atomic E-state index is 12.4. The lowest BCUT2D eigenvalue weighted by Crippen LogP contribution is -2.13. The number of nitrogens with one attached hydrogen (secondary N) is 2. The number of benzene rings is 2. The zero-order valence-electron chi connectivity index (χ0n) is 14.1. The lowest BCUT2D eigenvalue weighted by Gasteiger charge is -2.10. The predicted octanol–water partition coefficient (Wildman–Crippen LogP) is 2.73. The summed E-state index contributed by atoms with van der Waals surface area (Å²) in [4.78, 5) is 0.00662. The highest BCUT2D eigenvalue weighted by Gasteiger charge is 2.14. The molecule has 0 aliphatic heterocycles. The molecule has 0 atom stereocenters. The monoisotopic (exact) mass is 379 g/mol. The molecule has 2 aromatic rings. The highest BCUT2D eigenvalue weighted by atomic mass is 32.2. The molecule has 2 rings (SSSR count). The molecular formula is C18H13N5O3S. The van der Waals surface area contributed by atoms with Crippen LogP contribution in [0.25, 0.3) is 0 Å². The molecule has 0 aliphatic rings. The Morgan fingerprint density at radius 2 is 1.44 bits per heavy atom. The topological polar surface area (TPSA) is 139 Å². The van der Waals surface area contributed by atoms with E-state index in [9.17, 15) is 8.42 Å². The van der Waals surface area contributed by atoms with Crippen molar-refractivity contribution in [1.29, 1.82) is 15.8 Å². The number of nitriles is 3. The summed E-state index contributed by atoms with van der Waals surface area (Å²) in [6.07, 6.45) is 0. The standard InChI is InChI=1S/C18H13N5O3S/c1-26-16-6-2-15(3-7-16)23-27(24,25)17-8-4-14(5-9-17)22-18(12-21)13(10-19)11-20/h2-9,22-23H,1H3. The average Bonchev–Trinajstić information content (AvgIpc) is 2.68. The molecule has 0 unspecified atom stereocenters. The number of allylic oxidation sites excluding steroid dienone is 2. The highest BCUT2D eigenvalue weighted by Crippen LogP contribution is 2.21. The first-order valence-electron chi connectivity index (χ1n) is 7.42. The molecule has 0 radical (unpaired) electrons. The summed E-state index contributed by atoms with van der Waals surface area (Å²) in [7, 11) is -2.30. The number of ether oxygens (including phenoxy) is 1. The highest BCUT2D eigenvalue weighted by molar-refractivity contribution is 7.92. The Labute approximate surface area is 156 Å². The smallest absolute Gasteiger partial charge is 0.261 e. The second kappa shape index (κ2) is 8.39. The zero-order chi connectivity index (χ0) is 19.9. The number of rotatable bonds is 6. The molecule has 0 bridgehead atoms. The van der Waals surface area contributed by atoms with Crippen molar-refractivity contribution in [3.63, 3.8) is 0 Å². The summed E-state index contributed by atoms with van der Waals surface area (Å²) >= 11 is 0. The van der Waals surface area contributed by atoms with E-state index < -0.39 is 10.0 Å². The van der Waals surface area contributed by atoms with Gasteiger partial charge in [-0.05, 0) is 48.5 Å². The maximum Gasteiger partial charge on any atom is 0.261 e. The van der Waals surface area contributed by atoms with E-state index in [1.165, 1.54) is 31.4 Å². The van der Waals surface area contributed by atoms with Crippen LogP contribution in [0.15, 0.2) is 64.7 Å². The van der Waals surface area contributed by atoms with E-state index in [4.69, 9.17) is 20.5 Å². The molecule has 0 fully saturated rings. The molecule has 2 N–H and O–H groups in total. The van der Waals surface area contributed by atoms with Gasteiger partial charge in [-0.15, -0.1) is 0 Å². The molecule has 8 nitrogen and oxygen atoms in total. The minimum atomic E-state index is -3.81. The van der Waals surface area contributed by atoms with E-state index >= 15 is 0 Å². The third kappa shape index (κ3) is 4.76. The van der Waals surface area contributed by atoms with Crippen molar-refractivity contribution >= 4 is 21.4 Å². The van der Waals surface area contributed by atoms with Gasteiger partial charge in [-0.25, -0.2) is 8.42 Å². The Bertz CT molecular complexity index is 1070. The van der Waals surface area contributed by atoms with Crippen molar-refractivity contribution in [2.24, 2.45) is 0 Å². The fraction of sp³-hybridized carbons (Fsp3) is 0.0556. The van der Waals surface area contributed by atoms with Crippen molar-refractivity contribution < 1.29 is 13.2 Å². The summed E-state index contributed by atoms with van der Waals surface area (Å²) in [6, 6.07) is 16.9. The van der Waals surface area contributed by atoms with E-state index in [0.717, 1.165) is 0 Å². The molecule has 0 saturated carbocycles. The van der Waals surface area contributed by atoms with Gasteiger partial charge in [0.15, 0.2) is 5.57 Å². The van der Waals surface area contributed by atoms with E-state index in [1.807, 2.05) is 0 Å². The Balaban J connectivity index is 2.20. The molecule has 0 heterocycles. The van der Waals surface area contributed by atoms with Gasteiger partial charge in [-0.3, -0.25) is 4.72 Å². The Morgan fingerprint density at radius 3 is 1.93 bits per heavy atom. The van der Waals surface area contributed by atoms with Gasteiger partial charge in [0.2, 0.25) is 0 Å². The first kappa shape index (κ1) is 19.3. The SMILES string of the molecule is COc1ccc(NS(=O)(=O)c2ccc(NC(C#N)=C(C#N)C#N)cc2)cc1. The van der Waals surface area contributed by atoms with Gasteiger partial charge >= 0.3 is 0 Å². The largest absolute Gasteiger partial charge is 0.497 e. The van der Waals surface area contributed by atoms with Crippen LogP contribution in [0.5, 0.6) is 5.75 Å². The minimum absolute atomic E-state index is 0.00662. The van der Waals surface area contributed by atoms with Crippen molar-refractivity contribution in [2.75, 3.05) is 17.1 Å². The molecule has 0 amide bonds. The second-order valence-corrected chi connectivity index (χ2v) is 6.75. The maximum atomic E-state index is 12.4. The molecule has 0 saturated heterocycles. The average molecular weight is 379 g/mol. The molecule has 0 aliphatic carbocycles. The summed E-state index contributed by atoms with van der Waals surface area (Å²) in [5, 5.41) is 29.3. The molecule has 134 valence electrons. The zero-order valence-corrected chi connectivity index (χ0v) is 14.9. The third-order valence-corrected chi connectivity index (χ3v) is 4.76. The quantitative estimate of drug-likeness (QED) is 0.736. The minimum Gasteiger partial charge on any atom is -0.497 e. The summed E-state index contributed by atoms with van der Waals surface area (Å²) in [5.41, 5.74) is 0.153. The number of nitrogens with zero attached hydrogens (tertiary/aromatic N) is 3. The van der Waals surface area contributed by atoms with Gasteiger partial charge in [0, 0.05) is 11.4 Å². The number of hydrogen-bond acceptors (Lipinski definition) is 7. The van der Waals surface area contributed by atoms with Crippen LogP contribution in [0.2, 0.25) is 0 Å². The summed E-state index contributed by atoms with van der Waals surface area (Å²) < 4.78 is 32.3. The Hall–Kier alpha value is -4.00. The molecule has 0 aromatic heterocycles. The lowest BCUT2D eigenvalue weighted by molar-refractivity contribution is 0.415. The van der Waals surface area contributed by atoms with Crippen LogP contribution in [0.1, 0.15) is 0 Å². The fourth-order valence-electron chi connectivity index (χ4n) is 2.02. The molecule has 0 spiro atoms. The summed E-state index contributed by atoms with van der Waals surface area (Å²) in [5.74, 6) is 0.601. The van der Waals surface area contributed by atoms with Gasteiger partial charge < -0.3 is 10.1 Å². The first-order valence-corrected chi connectivity index (χ1v) is 8.90. The van der Waals surface area contributed by atoms with Gasteiger partial charge in [0.1, 0.15) is 29.7 Å². The number of hydrogen-bond donors (Lipinski definition) is 2. The van der Waals surface area contributed by atoms with Crippen LogP contribution in [-0.2, 0) is 10.0 Å². The third-order valence-electron chi connectivity index (χ3n) is 3.36. The van der Waals surface area contributed by atoms with Crippen LogP contribution < -0.4 is 14.8 Å². The Morgan fingerprint density at radius 1 is 0.889 bits per heavy atom. The van der Waals surface area contributed by atoms with Crippen LogP contribution >= 0.6 is 0 Å². The lowest BCUT2D eigenvalue weighted by atomic mass is 10.2. The summed E-state index contributed by atoms with van der Waals surface area (Å²) in [6.45, 7) is 0. The van der Waals surface area contributed by atoms with Crippen molar-refractivity contribution in [1.82, 2.24) is 0 Å². The Kier molecular flexibility index (Phi) is 6.01. The normalized spacial score (nSPS) is 9.85. The molecular weight excluding hydrogens is 366 g/mol. The van der Waals surface area contributed by atoms with E-state index in [-0.39, 0.29) is 16.2 Å². The van der Waals surface area contributed by atoms with Gasteiger partial charge in [0.05, 0.1) is 12.0 Å². The van der Waals surface area contributed by atoms with Crippen LogP contribution in [0.3, 0.4) is 0 Å². The van der Waals surface area contributed by atoms with Crippen molar-refractivity contribution in [3.8, 4) is 24.0 Å². The van der Waals surface area contributed by atoms with Crippen LogP contribution in [0.4, 0.5) is 11.4 Å². The van der Waals surface area contributed by atoms with E-state index in [0.29, 0.717) is 17.1 Å². The second-order valence-electron chi connectivity index (χ2n) is 5.07. The fourth-order valence-corrected chi connectivity index (χ4v) is 3.08. The van der Waals surface area contributed by atoms with Gasteiger partial charge in [0.25, 0.3) is 10.0 Å². The van der Waals surface area contributed by atoms with Crippen LogP contribution in [0, 0.1) is 34.0 Å². The van der Waals surface area contributed by atoms with Gasteiger partial charge in [-0.1, -0.05) is 0 Å².